The van der Waals surface area contributed by atoms with Crippen molar-refractivity contribution < 1.29 is 4.74 Å². The number of benzene rings is 1. The maximum Gasteiger partial charge on any atom is 0.126 e. The Balaban J connectivity index is 1.85. The average molecular weight is 295 g/mol. The molecule has 1 aromatic heterocycles. The second-order valence-corrected chi connectivity index (χ2v) is 6.40. The van der Waals surface area contributed by atoms with Gasteiger partial charge in [0.15, 0.2) is 0 Å². The molecule has 4 rings (SSSR count). The van der Waals surface area contributed by atoms with Crippen LogP contribution in [0, 0.1) is 0 Å². The number of nitrogens with zero attached hydrogens (tertiary/aromatic N) is 3. The molecule has 0 N–H and O–H groups in total. The van der Waals surface area contributed by atoms with Gasteiger partial charge in [0.1, 0.15) is 5.75 Å². The highest BCUT2D eigenvalue weighted by molar-refractivity contribution is 5.73. The van der Waals surface area contributed by atoms with Gasteiger partial charge in [-0.1, -0.05) is 18.2 Å². The molecule has 2 bridgehead atoms. The van der Waals surface area contributed by atoms with Gasteiger partial charge in [-0.2, -0.15) is 10.2 Å². The zero-order valence-electron chi connectivity index (χ0n) is 13.0. The first-order valence-corrected chi connectivity index (χ1v) is 8.00. The molecule has 2 aliphatic heterocycles. The van der Waals surface area contributed by atoms with Crippen LogP contribution in [-0.2, 0) is 5.41 Å². The number of para-hydroxylation sites is 1. The summed E-state index contributed by atoms with van der Waals surface area (Å²) in [5.74, 6) is 0.902. The number of hydrogen-bond donors (Lipinski definition) is 0. The van der Waals surface area contributed by atoms with Crippen LogP contribution >= 0.6 is 0 Å². The zero-order chi connectivity index (χ0) is 15.0. The van der Waals surface area contributed by atoms with Crippen LogP contribution in [0.1, 0.15) is 25.0 Å². The molecular weight excluding hydrogens is 274 g/mol. The highest BCUT2D eigenvalue weighted by Gasteiger charge is 2.44. The second kappa shape index (κ2) is 5.36. The third-order valence-corrected chi connectivity index (χ3v) is 5.18. The van der Waals surface area contributed by atoms with E-state index >= 15 is 0 Å². The largest absolute Gasteiger partial charge is 0.496 e. The molecule has 2 unspecified atom stereocenters. The van der Waals surface area contributed by atoms with Crippen molar-refractivity contribution in [2.45, 2.75) is 24.7 Å². The summed E-state index contributed by atoms with van der Waals surface area (Å²) in [5.41, 5.74) is 3.62. The molecule has 0 saturated carbocycles. The second-order valence-electron chi connectivity index (χ2n) is 6.40. The van der Waals surface area contributed by atoms with Crippen LogP contribution in [0.2, 0.25) is 0 Å². The van der Waals surface area contributed by atoms with E-state index in [9.17, 15) is 0 Å². The summed E-state index contributed by atoms with van der Waals surface area (Å²) in [6.45, 7) is 3.53. The van der Waals surface area contributed by atoms with Crippen molar-refractivity contribution in [3.63, 3.8) is 0 Å². The monoisotopic (exact) mass is 295 g/mol. The molecule has 0 radical (unpaired) electrons. The molecule has 2 aliphatic rings. The highest BCUT2D eigenvalue weighted by atomic mass is 16.5. The molecule has 0 amide bonds. The van der Waals surface area contributed by atoms with Gasteiger partial charge in [-0.25, -0.2) is 0 Å². The SMILES string of the molecule is COc1ccccc1-c1ccnnc1C12CCCN(CC1)C2. The van der Waals surface area contributed by atoms with Gasteiger partial charge in [0.2, 0.25) is 0 Å². The normalized spacial score (nSPS) is 26.9. The van der Waals surface area contributed by atoms with Crippen LogP contribution in [0.25, 0.3) is 11.1 Å². The van der Waals surface area contributed by atoms with Crippen molar-refractivity contribution in [2.24, 2.45) is 0 Å². The Hall–Kier alpha value is -1.94. The summed E-state index contributed by atoms with van der Waals surface area (Å²) in [7, 11) is 1.73. The Bertz CT molecular complexity index is 684. The lowest BCUT2D eigenvalue weighted by molar-refractivity contribution is 0.239. The van der Waals surface area contributed by atoms with Crippen LogP contribution in [0.3, 0.4) is 0 Å². The Kier molecular flexibility index (Phi) is 3.34. The number of piperidine rings is 1. The fraction of sp³-hybridized carbons (Fsp3) is 0.444. The van der Waals surface area contributed by atoms with Crippen molar-refractivity contribution in [2.75, 3.05) is 26.7 Å². The minimum atomic E-state index is 0.169. The van der Waals surface area contributed by atoms with Crippen molar-refractivity contribution in [1.82, 2.24) is 15.1 Å². The molecule has 4 nitrogen and oxygen atoms in total. The van der Waals surface area contributed by atoms with E-state index in [0.717, 1.165) is 23.6 Å². The summed E-state index contributed by atoms with van der Waals surface area (Å²) < 4.78 is 5.56. The van der Waals surface area contributed by atoms with Crippen LogP contribution in [0.5, 0.6) is 5.75 Å². The number of ether oxygens (including phenoxy) is 1. The molecule has 2 atom stereocenters. The highest BCUT2D eigenvalue weighted by Crippen LogP contribution is 2.45. The molecule has 0 aliphatic carbocycles. The summed E-state index contributed by atoms with van der Waals surface area (Å²) >= 11 is 0. The van der Waals surface area contributed by atoms with E-state index in [0.29, 0.717) is 0 Å². The van der Waals surface area contributed by atoms with Crippen molar-refractivity contribution >= 4 is 0 Å². The average Bonchev–Trinajstić information content (AvgIpc) is 2.90. The van der Waals surface area contributed by atoms with Crippen LogP contribution in [-0.4, -0.2) is 41.8 Å². The molecule has 114 valence electrons. The Morgan fingerprint density at radius 2 is 2.00 bits per heavy atom. The van der Waals surface area contributed by atoms with Crippen molar-refractivity contribution in [3.8, 4) is 16.9 Å². The van der Waals surface area contributed by atoms with E-state index < -0.39 is 0 Å². The molecule has 1 aromatic carbocycles. The van der Waals surface area contributed by atoms with Crippen molar-refractivity contribution in [1.29, 1.82) is 0 Å². The standard InChI is InChI=1S/C18H21N3O/c1-22-16-6-3-2-5-14(16)15-7-10-19-20-17(15)18-8-4-11-21(13-18)12-9-18/h2-3,5-7,10H,4,8-9,11-13H2,1H3. The van der Waals surface area contributed by atoms with E-state index in [1.165, 1.54) is 37.9 Å². The topological polar surface area (TPSA) is 38.3 Å². The first-order valence-electron chi connectivity index (χ1n) is 8.00. The number of methoxy groups -OCH3 is 1. The van der Waals surface area contributed by atoms with Crippen LogP contribution in [0.15, 0.2) is 36.5 Å². The third-order valence-electron chi connectivity index (χ3n) is 5.18. The molecule has 2 aromatic rings. The molecule has 0 spiro atoms. The van der Waals surface area contributed by atoms with Crippen LogP contribution < -0.4 is 4.74 Å². The van der Waals surface area contributed by atoms with E-state index in [2.05, 4.69) is 33.3 Å². The number of rotatable bonds is 3. The number of fused-ring (bicyclic) bond motifs is 2. The predicted molar refractivity (Wildman–Crippen MR) is 86.0 cm³/mol. The summed E-state index contributed by atoms with van der Waals surface area (Å²) in [4.78, 5) is 2.56. The quantitative estimate of drug-likeness (QED) is 0.872. The lowest BCUT2D eigenvalue weighted by atomic mass is 9.75. The van der Waals surface area contributed by atoms with Gasteiger partial charge in [0.25, 0.3) is 0 Å². The van der Waals surface area contributed by atoms with E-state index in [1.54, 1.807) is 13.3 Å². The van der Waals surface area contributed by atoms with Gasteiger partial charge in [0.05, 0.1) is 19.0 Å². The van der Waals surface area contributed by atoms with Gasteiger partial charge >= 0.3 is 0 Å². The maximum atomic E-state index is 5.56. The first kappa shape index (κ1) is 13.7. The smallest absolute Gasteiger partial charge is 0.126 e. The first-order chi connectivity index (χ1) is 10.8. The summed E-state index contributed by atoms with van der Waals surface area (Å²) in [5, 5.41) is 8.80. The van der Waals surface area contributed by atoms with Crippen LogP contribution in [0.4, 0.5) is 0 Å². The Morgan fingerprint density at radius 3 is 2.91 bits per heavy atom. The molecule has 2 fully saturated rings. The van der Waals surface area contributed by atoms with Gasteiger partial charge < -0.3 is 9.64 Å². The van der Waals surface area contributed by atoms with E-state index in [4.69, 9.17) is 4.74 Å². The lowest BCUT2D eigenvalue weighted by Gasteiger charge is -2.34. The zero-order valence-corrected chi connectivity index (χ0v) is 13.0. The van der Waals surface area contributed by atoms with Crippen molar-refractivity contribution in [3.05, 3.63) is 42.2 Å². The van der Waals surface area contributed by atoms with E-state index in [-0.39, 0.29) is 5.41 Å². The summed E-state index contributed by atoms with van der Waals surface area (Å²) in [6.07, 6.45) is 5.44. The minimum absolute atomic E-state index is 0.169. The maximum absolute atomic E-state index is 5.56. The molecule has 22 heavy (non-hydrogen) atoms. The van der Waals surface area contributed by atoms with E-state index in [1.807, 2.05) is 12.1 Å². The molecule has 3 heterocycles. The fourth-order valence-corrected chi connectivity index (χ4v) is 4.11. The van der Waals surface area contributed by atoms with Gasteiger partial charge in [-0.3, -0.25) is 0 Å². The number of aromatic nitrogens is 2. The Labute approximate surface area is 131 Å². The molecule has 4 heteroatoms. The van der Waals surface area contributed by atoms with Gasteiger partial charge in [-0.15, -0.1) is 0 Å². The Morgan fingerprint density at radius 1 is 1.09 bits per heavy atom. The molecule has 2 saturated heterocycles. The minimum Gasteiger partial charge on any atom is -0.496 e. The lowest BCUT2D eigenvalue weighted by Crippen LogP contribution is -2.38. The third kappa shape index (κ3) is 2.10. The number of hydrogen-bond acceptors (Lipinski definition) is 4. The summed E-state index contributed by atoms with van der Waals surface area (Å²) in [6, 6.07) is 10.3. The van der Waals surface area contributed by atoms with Gasteiger partial charge in [0, 0.05) is 23.1 Å². The molecular formula is C18H21N3O. The van der Waals surface area contributed by atoms with Gasteiger partial charge in [-0.05, 0) is 44.5 Å². The predicted octanol–water partition coefficient (Wildman–Crippen LogP) is 2.89. The fourth-order valence-electron chi connectivity index (χ4n) is 4.11.